The number of piperidine rings is 1. The van der Waals surface area contributed by atoms with Crippen molar-refractivity contribution in [3.05, 3.63) is 57.3 Å². The number of carbonyl (C=O) groups is 1. The van der Waals surface area contributed by atoms with Gasteiger partial charge in [-0.05, 0) is 56.1 Å². The third-order valence-electron chi connectivity index (χ3n) is 5.11. The lowest BCUT2D eigenvalue weighted by Crippen LogP contribution is -2.39. The number of aliphatic carboxylic acids is 1. The Kier molecular flexibility index (Phi) is 5.91. The van der Waals surface area contributed by atoms with E-state index < -0.39 is 29.7 Å². The number of rotatable bonds is 5. The molecule has 1 aliphatic rings. The fraction of sp³-hybridized carbons (Fsp3) is 0.450. The highest BCUT2D eigenvalue weighted by Crippen LogP contribution is 2.42. The van der Waals surface area contributed by atoms with Crippen LogP contribution in [0.25, 0.3) is 0 Å². The van der Waals surface area contributed by atoms with Gasteiger partial charge in [-0.2, -0.15) is 13.2 Å². The molecule has 0 spiro atoms. The van der Waals surface area contributed by atoms with Crippen LogP contribution in [0.4, 0.5) is 13.2 Å². The molecule has 1 aliphatic heterocycles. The summed E-state index contributed by atoms with van der Waals surface area (Å²) < 4.78 is 40.9. The van der Waals surface area contributed by atoms with Crippen LogP contribution in [0.2, 0.25) is 0 Å². The largest absolute Gasteiger partial charge is 0.481 e. The van der Waals surface area contributed by atoms with Crippen LogP contribution in [0.1, 0.15) is 46.7 Å². The molecule has 1 atom stereocenters. The number of benzene rings is 1. The average Bonchev–Trinajstić information content (AvgIpc) is 3.11. The van der Waals surface area contributed by atoms with Gasteiger partial charge in [0.05, 0.1) is 17.5 Å². The highest BCUT2D eigenvalue weighted by molar-refractivity contribution is 7.12. The Labute approximate surface area is 160 Å². The Bertz CT molecular complexity index is 795. The van der Waals surface area contributed by atoms with Gasteiger partial charge in [0, 0.05) is 9.75 Å². The van der Waals surface area contributed by atoms with E-state index in [2.05, 4.69) is 0 Å². The summed E-state index contributed by atoms with van der Waals surface area (Å²) in [6, 6.07) is 9.07. The van der Waals surface area contributed by atoms with Crippen LogP contribution in [0.5, 0.6) is 0 Å². The molecule has 1 N–H and O–H groups in total. The van der Waals surface area contributed by atoms with E-state index in [4.69, 9.17) is 0 Å². The van der Waals surface area contributed by atoms with Gasteiger partial charge in [0.15, 0.2) is 0 Å². The maximum absolute atomic E-state index is 13.6. The second-order valence-corrected chi connectivity index (χ2v) is 7.99. The van der Waals surface area contributed by atoms with Gasteiger partial charge in [0.1, 0.15) is 0 Å². The maximum Gasteiger partial charge on any atom is 0.416 e. The van der Waals surface area contributed by atoms with E-state index in [1.165, 1.54) is 17.4 Å². The Morgan fingerprint density at radius 2 is 1.89 bits per heavy atom. The minimum atomic E-state index is -4.43. The summed E-state index contributed by atoms with van der Waals surface area (Å²) in [6.07, 6.45) is -2.70. The highest BCUT2D eigenvalue weighted by atomic mass is 32.1. The summed E-state index contributed by atoms with van der Waals surface area (Å²) in [4.78, 5) is 15.2. The number of hydrogen-bond acceptors (Lipinski definition) is 3. The van der Waals surface area contributed by atoms with Gasteiger partial charge >= 0.3 is 12.1 Å². The molecule has 0 amide bonds. The molecule has 146 valence electrons. The molecule has 3 rings (SSSR count). The molecular formula is C20H22F3NO2S. The Hall–Kier alpha value is -1.86. The Morgan fingerprint density at radius 3 is 2.44 bits per heavy atom. The monoisotopic (exact) mass is 397 g/mol. The van der Waals surface area contributed by atoms with Crippen LogP contribution < -0.4 is 0 Å². The highest BCUT2D eigenvalue weighted by Gasteiger charge is 2.38. The van der Waals surface area contributed by atoms with Gasteiger partial charge in [-0.3, -0.25) is 9.69 Å². The minimum Gasteiger partial charge on any atom is -0.481 e. The van der Waals surface area contributed by atoms with Gasteiger partial charge in [0.2, 0.25) is 0 Å². The van der Waals surface area contributed by atoms with Crippen molar-refractivity contribution in [2.75, 3.05) is 13.1 Å². The van der Waals surface area contributed by atoms with Crippen molar-refractivity contribution in [2.45, 2.75) is 38.4 Å². The van der Waals surface area contributed by atoms with Crippen LogP contribution in [0, 0.1) is 5.92 Å². The smallest absolute Gasteiger partial charge is 0.416 e. The number of nitrogens with zero attached hydrogens (tertiary/aromatic N) is 1. The fourth-order valence-corrected chi connectivity index (χ4v) is 4.77. The number of hydrogen-bond donors (Lipinski definition) is 1. The molecule has 0 radical (unpaired) electrons. The standard InChI is InChI=1S/C20H22F3NO2S/c1-2-14-7-8-17(27-14)18(24-11-9-13(10-12-24)19(25)26)15-5-3-4-6-16(15)20(21,22)23/h3-8,13,18H,2,9-12H2,1H3,(H,25,26). The number of carboxylic acids is 1. The van der Waals surface area contributed by atoms with Crippen LogP contribution in [0.3, 0.4) is 0 Å². The summed E-state index contributed by atoms with van der Waals surface area (Å²) in [5.74, 6) is -1.25. The first-order valence-corrected chi connectivity index (χ1v) is 9.84. The lowest BCUT2D eigenvalue weighted by molar-refractivity contribution is -0.143. The summed E-state index contributed by atoms with van der Waals surface area (Å²) >= 11 is 1.53. The molecule has 0 aliphatic carbocycles. The van der Waals surface area contributed by atoms with E-state index >= 15 is 0 Å². The van der Waals surface area contributed by atoms with E-state index in [0.29, 0.717) is 25.9 Å². The molecule has 7 heteroatoms. The summed E-state index contributed by atoms with van der Waals surface area (Å²) in [5, 5.41) is 9.22. The van der Waals surface area contributed by atoms with E-state index in [0.717, 1.165) is 22.2 Å². The Balaban J connectivity index is 2.01. The van der Waals surface area contributed by atoms with Crippen LogP contribution >= 0.6 is 11.3 Å². The maximum atomic E-state index is 13.6. The van der Waals surface area contributed by atoms with Crippen molar-refractivity contribution in [3.63, 3.8) is 0 Å². The predicted octanol–water partition coefficient (Wildman–Crippen LogP) is 5.22. The van der Waals surface area contributed by atoms with E-state index in [-0.39, 0.29) is 5.56 Å². The van der Waals surface area contributed by atoms with Gasteiger partial charge in [-0.15, -0.1) is 11.3 Å². The van der Waals surface area contributed by atoms with Crippen molar-refractivity contribution >= 4 is 17.3 Å². The topological polar surface area (TPSA) is 40.5 Å². The third kappa shape index (κ3) is 4.35. The number of halogens is 3. The van der Waals surface area contributed by atoms with Crippen LogP contribution in [-0.2, 0) is 17.4 Å². The molecule has 3 nitrogen and oxygen atoms in total. The van der Waals surface area contributed by atoms with Crippen molar-refractivity contribution < 1.29 is 23.1 Å². The molecular weight excluding hydrogens is 375 g/mol. The fourth-order valence-electron chi connectivity index (χ4n) is 3.66. The second kappa shape index (κ2) is 8.02. The van der Waals surface area contributed by atoms with Crippen LogP contribution in [-0.4, -0.2) is 29.1 Å². The van der Waals surface area contributed by atoms with Gasteiger partial charge in [-0.25, -0.2) is 0 Å². The molecule has 1 aromatic carbocycles. The molecule has 2 heterocycles. The summed E-state index contributed by atoms with van der Waals surface area (Å²) in [5.41, 5.74) is -0.384. The van der Waals surface area contributed by atoms with E-state index in [9.17, 15) is 23.1 Å². The molecule has 0 saturated carbocycles. The van der Waals surface area contributed by atoms with Crippen molar-refractivity contribution in [3.8, 4) is 0 Å². The number of alkyl halides is 3. The van der Waals surface area contributed by atoms with Gasteiger partial charge in [-0.1, -0.05) is 25.1 Å². The average molecular weight is 397 g/mol. The Morgan fingerprint density at radius 1 is 1.22 bits per heavy atom. The first kappa shape index (κ1) is 19.9. The summed E-state index contributed by atoms with van der Waals surface area (Å²) in [7, 11) is 0. The van der Waals surface area contributed by atoms with Crippen molar-refractivity contribution in [2.24, 2.45) is 5.92 Å². The summed E-state index contributed by atoms with van der Waals surface area (Å²) in [6.45, 7) is 2.95. The van der Waals surface area contributed by atoms with Gasteiger partial charge in [0.25, 0.3) is 0 Å². The van der Waals surface area contributed by atoms with E-state index in [1.54, 1.807) is 12.1 Å². The minimum absolute atomic E-state index is 0.239. The molecule has 1 fully saturated rings. The van der Waals surface area contributed by atoms with Crippen LogP contribution in [0.15, 0.2) is 36.4 Å². The molecule has 1 saturated heterocycles. The molecule has 0 bridgehead atoms. The normalized spacial score (nSPS) is 17.8. The van der Waals surface area contributed by atoms with E-state index in [1.807, 2.05) is 24.0 Å². The number of carboxylic acid groups (broad SMARTS) is 1. The number of likely N-dealkylation sites (tertiary alicyclic amines) is 1. The first-order chi connectivity index (χ1) is 12.8. The zero-order chi connectivity index (χ0) is 19.6. The quantitative estimate of drug-likeness (QED) is 0.752. The van der Waals surface area contributed by atoms with Crippen molar-refractivity contribution in [1.29, 1.82) is 0 Å². The second-order valence-electron chi connectivity index (χ2n) is 6.79. The third-order valence-corrected chi connectivity index (χ3v) is 6.39. The molecule has 27 heavy (non-hydrogen) atoms. The molecule has 1 unspecified atom stereocenters. The molecule has 2 aromatic rings. The zero-order valence-corrected chi connectivity index (χ0v) is 15.8. The SMILES string of the molecule is CCc1ccc(C(c2ccccc2C(F)(F)F)N2CCC(C(=O)O)CC2)s1. The zero-order valence-electron chi connectivity index (χ0n) is 15.0. The van der Waals surface area contributed by atoms with Crippen molar-refractivity contribution in [1.82, 2.24) is 4.90 Å². The lowest BCUT2D eigenvalue weighted by atomic mass is 9.92. The molecule has 1 aromatic heterocycles. The lowest BCUT2D eigenvalue weighted by Gasteiger charge is -2.37. The number of thiophene rings is 1. The number of aryl methyl sites for hydroxylation is 1. The predicted molar refractivity (Wildman–Crippen MR) is 98.9 cm³/mol. The first-order valence-electron chi connectivity index (χ1n) is 9.02. The van der Waals surface area contributed by atoms with Gasteiger partial charge < -0.3 is 5.11 Å².